The van der Waals surface area contributed by atoms with Crippen LogP contribution in [0.25, 0.3) is 0 Å². The Hall–Kier alpha value is -1.60. The van der Waals surface area contributed by atoms with Crippen molar-refractivity contribution in [2.45, 2.75) is 0 Å². The Kier molecular flexibility index (Phi) is 3.05. The molecular formula is C9H5ClFNO2. The molecule has 3 nitrogen and oxygen atoms in total. The maximum absolute atomic E-state index is 13.2. The summed E-state index contributed by atoms with van der Waals surface area (Å²) in [6, 6.07) is 3.91. The normalized spacial score (nSPS) is 9.29. The molecule has 0 saturated carbocycles. The number of nitriles is 1. The van der Waals surface area contributed by atoms with Crippen LogP contribution in [0.15, 0.2) is 12.1 Å². The number of nitrogens with zero attached hydrogens (tertiary/aromatic N) is 1. The Morgan fingerprint density at radius 3 is 2.71 bits per heavy atom. The highest BCUT2D eigenvalue weighted by atomic mass is 35.5. The van der Waals surface area contributed by atoms with Crippen LogP contribution in [0.3, 0.4) is 0 Å². The van der Waals surface area contributed by atoms with Gasteiger partial charge in [0.15, 0.2) is 0 Å². The van der Waals surface area contributed by atoms with E-state index in [9.17, 15) is 9.18 Å². The van der Waals surface area contributed by atoms with E-state index in [4.69, 9.17) is 21.6 Å². The summed E-state index contributed by atoms with van der Waals surface area (Å²) in [5, 5.41) is 7.63. The summed E-state index contributed by atoms with van der Waals surface area (Å²) in [5.41, 5.74) is -0.559. The van der Waals surface area contributed by atoms with Crippen LogP contribution in [-0.4, -0.2) is 12.4 Å². The van der Waals surface area contributed by atoms with Gasteiger partial charge in [0.05, 0.1) is 18.2 Å². The Morgan fingerprint density at radius 2 is 2.29 bits per heavy atom. The highest BCUT2D eigenvalue weighted by Gasteiger charge is 2.16. The van der Waals surface area contributed by atoms with E-state index in [2.05, 4.69) is 0 Å². The minimum absolute atomic E-state index is 0.137. The number of carbonyl (C=O) groups is 1. The summed E-state index contributed by atoms with van der Waals surface area (Å²) in [4.78, 5) is 10.8. The fourth-order valence-corrected chi connectivity index (χ4v) is 1.18. The van der Waals surface area contributed by atoms with Crippen LogP contribution in [0.5, 0.6) is 5.75 Å². The van der Waals surface area contributed by atoms with E-state index in [-0.39, 0.29) is 11.3 Å². The van der Waals surface area contributed by atoms with Crippen LogP contribution in [0.2, 0.25) is 0 Å². The van der Waals surface area contributed by atoms with Gasteiger partial charge in [0.1, 0.15) is 17.6 Å². The minimum atomic E-state index is -0.998. The molecular weight excluding hydrogens is 209 g/mol. The van der Waals surface area contributed by atoms with E-state index in [1.807, 2.05) is 0 Å². The third-order valence-corrected chi connectivity index (χ3v) is 1.81. The largest absolute Gasteiger partial charge is 0.497 e. The molecule has 0 amide bonds. The lowest BCUT2D eigenvalue weighted by molar-refractivity contribution is 0.107. The molecule has 1 aromatic carbocycles. The molecule has 5 heteroatoms. The highest BCUT2D eigenvalue weighted by molar-refractivity contribution is 6.68. The Labute approximate surface area is 84.7 Å². The van der Waals surface area contributed by atoms with Gasteiger partial charge < -0.3 is 4.74 Å². The van der Waals surface area contributed by atoms with Crippen LogP contribution < -0.4 is 4.74 Å². The number of ether oxygens (including phenoxy) is 1. The monoisotopic (exact) mass is 213 g/mol. The maximum atomic E-state index is 13.2. The number of methoxy groups -OCH3 is 1. The van der Waals surface area contributed by atoms with Crippen molar-refractivity contribution in [3.05, 3.63) is 29.1 Å². The smallest absolute Gasteiger partial charge is 0.256 e. The summed E-state index contributed by atoms with van der Waals surface area (Å²) in [7, 11) is 1.33. The molecule has 0 bridgehead atoms. The van der Waals surface area contributed by atoms with Gasteiger partial charge in [0.25, 0.3) is 5.24 Å². The summed E-state index contributed by atoms with van der Waals surface area (Å²) in [6.45, 7) is 0. The van der Waals surface area contributed by atoms with Crippen molar-refractivity contribution in [3.8, 4) is 11.8 Å². The number of benzene rings is 1. The van der Waals surface area contributed by atoms with Crippen LogP contribution in [0, 0.1) is 17.1 Å². The van der Waals surface area contributed by atoms with Crippen molar-refractivity contribution in [1.29, 1.82) is 5.26 Å². The third kappa shape index (κ3) is 1.83. The molecule has 0 fully saturated rings. The molecule has 0 aliphatic carbocycles. The second kappa shape index (κ2) is 4.07. The van der Waals surface area contributed by atoms with Crippen molar-refractivity contribution in [2.24, 2.45) is 0 Å². The van der Waals surface area contributed by atoms with Gasteiger partial charge in [0, 0.05) is 6.07 Å². The molecule has 0 heterocycles. The second-order valence-electron chi connectivity index (χ2n) is 2.42. The minimum Gasteiger partial charge on any atom is -0.497 e. The average Bonchev–Trinajstić information content (AvgIpc) is 2.15. The molecule has 0 aromatic heterocycles. The highest BCUT2D eigenvalue weighted by Crippen LogP contribution is 2.22. The second-order valence-corrected chi connectivity index (χ2v) is 2.76. The van der Waals surface area contributed by atoms with Crippen molar-refractivity contribution in [1.82, 2.24) is 0 Å². The number of carbonyl (C=O) groups excluding carboxylic acids is 1. The lowest BCUT2D eigenvalue weighted by Crippen LogP contribution is -2.00. The number of hydrogen-bond donors (Lipinski definition) is 0. The molecule has 0 aliphatic heterocycles. The molecule has 0 spiro atoms. The third-order valence-electron chi connectivity index (χ3n) is 1.62. The zero-order valence-corrected chi connectivity index (χ0v) is 7.93. The number of hydrogen-bond acceptors (Lipinski definition) is 3. The molecule has 0 saturated heterocycles. The molecule has 14 heavy (non-hydrogen) atoms. The first-order valence-corrected chi connectivity index (χ1v) is 3.95. The molecule has 1 rings (SSSR count). The van der Waals surface area contributed by atoms with Crippen LogP contribution >= 0.6 is 11.6 Å². The first-order chi connectivity index (χ1) is 6.60. The van der Waals surface area contributed by atoms with Gasteiger partial charge in [-0.25, -0.2) is 4.39 Å². The van der Waals surface area contributed by atoms with Gasteiger partial charge in [-0.15, -0.1) is 0 Å². The summed E-state index contributed by atoms with van der Waals surface area (Å²) in [5.74, 6) is -0.693. The average molecular weight is 214 g/mol. The van der Waals surface area contributed by atoms with E-state index < -0.39 is 16.6 Å². The predicted octanol–water partition coefficient (Wildman–Crippen LogP) is 2.08. The van der Waals surface area contributed by atoms with Gasteiger partial charge in [-0.2, -0.15) is 5.26 Å². The van der Waals surface area contributed by atoms with Crippen LogP contribution in [0.4, 0.5) is 4.39 Å². The van der Waals surface area contributed by atoms with Crippen LogP contribution in [0.1, 0.15) is 15.9 Å². The summed E-state index contributed by atoms with van der Waals surface area (Å²) < 4.78 is 17.9. The van der Waals surface area contributed by atoms with Gasteiger partial charge in [-0.3, -0.25) is 4.79 Å². The van der Waals surface area contributed by atoms with Crippen LogP contribution in [-0.2, 0) is 0 Å². The van der Waals surface area contributed by atoms with E-state index >= 15 is 0 Å². The fraction of sp³-hybridized carbons (Fsp3) is 0.111. The number of halogens is 2. The molecule has 0 radical (unpaired) electrons. The SMILES string of the molecule is COc1cc(F)c(C(=O)Cl)c(C#N)c1. The Bertz CT molecular complexity index is 426. The standard InChI is InChI=1S/C9H5ClFNO2/c1-14-6-2-5(4-12)8(9(10)13)7(11)3-6/h2-3H,1H3. The Balaban J connectivity index is 3.44. The molecule has 0 unspecified atom stereocenters. The Morgan fingerprint density at radius 1 is 1.64 bits per heavy atom. The molecule has 0 atom stereocenters. The number of rotatable bonds is 2. The first-order valence-electron chi connectivity index (χ1n) is 3.57. The quantitative estimate of drug-likeness (QED) is 0.707. The van der Waals surface area contributed by atoms with E-state index in [1.54, 1.807) is 6.07 Å². The summed E-state index contributed by atoms with van der Waals surface area (Å²) >= 11 is 5.12. The van der Waals surface area contributed by atoms with Crippen molar-refractivity contribution < 1.29 is 13.9 Å². The van der Waals surface area contributed by atoms with Crippen molar-refractivity contribution in [3.63, 3.8) is 0 Å². The molecule has 1 aromatic rings. The maximum Gasteiger partial charge on any atom is 0.256 e. The van der Waals surface area contributed by atoms with E-state index in [0.29, 0.717) is 0 Å². The van der Waals surface area contributed by atoms with Gasteiger partial charge >= 0.3 is 0 Å². The zero-order chi connectivity index (χ0) is 10.7. The fourth-order valence-electron chi connectivity index (χ4n) is 0.988. The zero-order valence-electron chi connectivity index (χ0n) is 7.17. The lowest BCUT2D eigenvalue weighted by Gasteiger charge is -2.03. The topological polar surface area (TPSA) is 50.1 Å². The van der Waals surface area contributed by atoms with Gasteiger partial charge in [-0.1, -0.05) is 0 Å². The van der Waals surface area contributed by atoms with Crippen molar-refractivity contribution >= 4 is 16.8 Å². The molecule has 72 valence electrons. The van der Waals surface area contributed by atoms with Crippen molar-refractivity contribution in [2.75, 3.05) is 7.11 Å². The molecule has 0 N–H and O–H groups in total. The predicted molar refractivity (Wildman–Crippen MR) is 47.9 cm³/mol. The van der Waals surface area contributed by atoms with E-state index in [1.165, 1.54) is 13.2 Å². The lowest BCUT2D eigenvalue weighted by atomic mass is 10.1. The first kappa shape index (κ1) is 10.5. The van der Waals surface area contributed by atoms with Gasteiger partial charge in [-0.05, 0) is 17.7 Å². The van der Waals surface area contributed by atoms with E-state index in [0.717, 1.165) is 6.07 Å². The summed E-state index contributed by atoms with van der Waals surface area (Å²) in [6.07, 6.45) is 0. The molecule has 0 aliphatic rings. The van der Waals surface area contributed by atoms with Gasteiger partial charge in [0.2, 0.25) is 0 Å².